The highest BCUT2D eigenvalue weighted by atomic mass is 16.5. The molecular weight excluding hydrogens is 390 g/mol. The zero-order chi connectivity index (χ0) is 22.1. The van der Waals surface area contributed by atoms with Gasteiger partial charge >= 0.3 is 5.69 Å². The van der Waals surface area contributed by atoms with Crippen LogP contribution in [0.25, 0.3) is 16.9 Å². The number of hydrogen-bond donors (Lipinski definition) is 0. The van der Waals surface area contributed by atoms with Crippen molar-refractivity contribution in [2.24, 2.45) is 7.05 Å². The van der Waals surface area contributed by atoms with Gasteiger partial charge in [-0.25, -0.2) is 4.79 Å². The third-order valence-corrected chi connectivity index (χ3v) is 5.42. The van der Waals surface area contributed by atoms with Gasteiger partial charge in [-0.1, -0.05) is 18.2 Å². The summed E-state index contributed by atoms with van der Waals surface area (Å²) in [4.78, 5) is 16.9. The van der Waals surface area contributed by atoms with Crippen LogP contribution in [0.1, 0.15) is 27.8 Å². The SMILES string of the molecule is Cc1ccc(-c2cc(C)c(OCc3c(C)cccc3-n3nnn(C)c3=O)cc2C)nc1. The quantitative estimate of drug-likeness (QED) is 0.495. The van der Waals surface area contributed by atoms with Crippen molar-refractivity contribution in [1.29, 1.82) is 0 Å². The van der Waals surface area contributed by atoms with Gasteiger partial charge in [0.05, 0.1) is 11.4 Å². The van der Waals surface area contributed by atoms with Gasteiger partial charge < -0.3 is 4.74 Å². The van der Waals surface area contributed by atoms with E-state index in [9.17, 15) is 4.79 Å². The maximum absolute atomic E-state index is 12.4. The van der Waals surface area contributed by atoms with Gasteiger partial charge in [0.1, 0.15) is 12.4 Å². The first-order valence-corrected chi connectivity index (χ1v) is 10.1. The number of rotatable bonds is 5. The van der Waals surface area contributed by atoms with Crippen LogP contribution in [0.3, 0.4) is 0 Å². The van der Waals surface area contributed by atoms with Gasteiger partial charge in [-0.2, -0.15) is 9.36 Å². The summed E-state index contributed by atoms with van der Waals surface area (Å²) in [7, 11) is 1.58. The highest BCUT2D eigenvalue weighted by molar-refractivity contribution is 5.66. The minimum absolute atomic E-state index is 0.297. The van der Waals surface area contributed by atoms with Crippen LogP contribution in [0.2, 0.25) is 0 Å². The molecule has 0 amide bonds. The maximum atomic E-state index is 12.4. The summed E-state index contributed by atoms with van der Waals surface area (Å²) in [5.41, 5.74) is 7.57. The molecule has 2 aromatic carbocycles. The molecular formula is C24H25N5O2. The maximum Gasteiger partial charge on any atom is 0.368 e. The van der Waals surface area contributed by atoms with Gasteiger partial charge in [-0.05, 0) is 84.6 Å². The number of aromatic nitrogens is 5. The zero-order valence-corrected chi connectivity index (χ0v) is 18.4. The molecule has 0 unspecified atom stereocenters. The van der Waals surface area contributed by atoms with Crippen LogP contribution in [-0.4, -0.2) is 24.8 Å². The summed E-state index contributed by atoms with van der Waals surface area (Å²) in [5.74, 6) is 0.800. The van der Waals surface area contributed by atoms with E-state index in [0.717, 1.165) is 44.8 Å². The molecule has 0 aliphatic carbocycles. The fraction of sp³-hybridized carbons (Fsp3) is 0.250. The second kappa shape index (κ2) is 8.18. The normalized spacial score (nSPS) is 11.0. The number of nitrogens with zero attached hydrogens (tertiary/aromatic N) is 5. The Bertz CT molecular complexity index is 1300. The average molecular weight is 415 g/mol. The number of benzene rings is 2. The van der Waals surface area contributed by atoms with Crippen molar-refractivity contribution < 1.29 is 4.74 Å². The highest BCUT2D eigenvalue weighted by Crippen LogP contribution is 2.30. The molecule has 2 heterocycles. The van der Waals surface area contributed by atoms with Gasteiger partial charge in [0.15, 0.2) is 0 Å². The summed E-state index contributed by atoms with van der Waals surface area (Å²) in [6.45, 7) is 8.42. The third kappa shape index (κ3) is 3.99. The summed E-state index contributed by atoms with van der Waals surface area (Å²) in [6.07, 6.45) is 1.88. The van der Waals surface area contributed by atoms with E-state index in [0.29, 0.717) is 12.3 Å². The monoisotopic (exact) mass is 415 g/mol. The molecule has 0 N–H and O–H groups in total. The van der Waals surface area contributed by atoms with E-state index in [2.05, 4.69) is 34.5 Å². The van der Waals surface area contributed by atoms with Crippen LogP contribution in [0, 0.1) is 27.7 Å². The standard InChI is InChI=1S/C24H25N5O2/c1-15-9-10-21(25-13-15)19-11-18(4)23(12-17(19)3)31-14-20-16(2)7-6-8-22(20)29-24(30)28(5)26-27-29/h6-13H,14H2,1-5H3. The molecule has 0 saturated carbocycles. The van der Waals surface area contributed by atoms with Gasteiger partial charge in [-0.15, -0.1) is 0 Å². The molecule has 0 aliphatic heterocycles. The number of aryl methyl sites for hydroxylation is 5. The smallest absolute Gasteiger partial charge is 0.368 e. The molecule has 4 aromatic rings. The van der Waals surface area contributed by atoms with E-state index in [4.69, 9.17) is 4.74 Å². The Morgan fingerprint density at radius 3 is 2.42 bits per heavy atom. The number of ether oxygens (including phenoxy) is 1. The fourth-order valence-corrected chi connectivity index (χ4v) is 3.54. The Kier molecular flexibility index (Phi) is 5.42. The lowest BCUT2D eigenvalue weighted by atomic mass is 10.0. The first-order valence-electron chi connectivity index (χ1n) is 10.1. The van der Waals surface area contributed by atoms with Crippen molar-refractivity contribution in [2.45, 2.75) is 34.3 Å². The lowest BCUT2D eigenvalue weighted by Crippen LogP contribution is -2.23. The Morgan fingerprint density at radius 1 is 0.935 bits per heavy atom. The molecule has 0 spiro atoms. The molecule has 0 fully saturated rings. The molecule has 0 atom stereocenters. The zero-order valence-electron chi connectivity index (χ0n) is 18.4. The molecule has 158 valence electrons. The second-order valence-corrected chi connectivity index (χ2v) is 7.81. The minimum atomic E-state index is -0.297. The summed E-state index contributed by atoms with van der Waals surface area (Å²) >= 11 is 0. The largest absolute Gasteiger partial charge is 0.489 e. The number of tetrazole rings is 1. The van der Waals surface area contributed by atoms with Gasteiger partial charge in [0.2, 0.25) is 0 Å². The lowest BCUT2D eigenvalue weighted by molar-refractivity contribution is 0.302. The molecule has 2 aromatic heterocycles. The van der Waals surface area contributed by atoms with E-state index in [1.165, 1.54) is 9.36 Å². The van der Waals surface area contributed by atoms with E-state index < -0.39 is 0 Å². The summed E-state index contributed by atoms with van der Waals surface area (Å²) in [6, 6.07) is 14.0. The van der Waals surface area contributed by atoms with Crippen molar-refractivity contribution in [3.63, 3.8) is 0 Å². The van der Waals surface area contributed by atoms with Crippen LogP contribution in [0.5, 0.6) is 5.75 Å². The number of pyridine rings is 1. The lowest BCUT2D eigenvalue weighted by Gasteiger charge is -2.16. The first kappa shape index (κ1) is 20.5. The number of hydrogen-bond acceptors (Lipinski definition) is 5. The fourth-order valence-electron chi connectivity index (χ4n) is 3.54. The van der Waals surface area contributed by atoms with E-state index in [1.54, 1.807) is 7.05 Å². The molecule has 7 heteroatoms. The van der Waals surface area contributed by atoms with Crippen molar-refractivity contribution in [2.75, 3.05) is 0 Å². The van der Waals surface area contributed by atoms with Gasteiger partial charge in [0.25, 0.3) is 0 Å². The molecule has 4 rings (SSSR count). The minimum Gasteiger partial charge on any atom is -0.489 e. The van der Waals surface area contributed by atoms with Crippen molar-refractivity contribution >= 4 is 0 Å². The van der Waals surface area contributed by atoms with Crippen LogP contribution in [0.4, 0.5) is 0 Å². The molecule has 7 nitrogen and oxygen atoms in total. The molecule has 31 heavy (non-hydrogen) atoms. The Balaban J connectivity index is 1.65. The van der Waals surface area contributed by atoms with Crippen LogP contribution >= 0.6 is 0 Å². The van der Waals surface area contributed by atoms with Crippen molar-refractivity contribution in [1.82, 2.24) is 24.8 Å². The first-order chi connectivity index (χ1) is 14.8. The predicted octanol–water partition coefficient (Wildman–Crippen LogP) is 3.84. The van der Waals surface area contributed by atoms with Crippen LogP contribution in [0.15, 0.2) is 53.5 Å². The Labute approximate surface area is 180 Å². The Hall–Kier alpha value is -3.74. The van der Waals surface area contributed by atoms with Crippen LogP contribution in [-0.2, 0) is 13.7 Å². The van der Waals surface area contributed by atoms with E-state index >= 15 is 0 Å². The van der Waals surface area contributed by atoms with Crippen molar-refractivity contribution in [3.8, 4) is 22.7 Å². The third-order valence-electron chi connectivity index (χ3n) is 5.42. The molecule has 0 bridgehead atoms. The van der Waals surface area contributed by atoms with Gasteiger partial charge in [-0.3, -0.25) is 4.98 Å². The highest BCUT2D eigenvalue weighted by Gasteiger charge is 2.15. The molecule has 0 aliphatic rings. The predicted molar refractivity (Wildman–Crippen MR) is 120 cm³/mol. The Morgan fingerprint density at radius 2 is 1.74 bits per heavy atom. The van der Waals surface area contributed by atoms with E-state index in [-0.39, 0.29) is 5.69 Å². The topological polar surface area (TPSA) is 74.8 Å². The summed E-state index contributed by atoms with van der Waals surface area (Å²) in [5, 5.41) is 7.80. The summed E-state index contributed by atoms with van der Waals surface area (Å²) < 4.78 is 8.72. The second-order valence-electron chi connectivity index (χ2n) is 7.81. The molecule has 0 saturated heterocycles. The van der Waals surface area contributed by atoms with Gasteiger partial charge in [0, 0.05) is 24.4 Å². The van der Waals surface area contributed by atoms with E-state index in [1.807, 2.05) is 57.3 Å². The van der Waals surface area contributed by atoms with Crippen molar-refractivity contribution in [3.05, 3.63) is 87.0 Å². The van der Waals surface area contributed by atoms with Crippen LogP contribution < -0.4 is 10.4 Å². The average Bonchev–Trinajstić information content (AvgIpc) is 3.08. The molecule has 0 radical (unpaired) electrons.